The van der Waals surface area contributed by atoms with Crippen LogP contribution in [0.3, 0.4) is 0 Å². The molecular formula is C16H17N3O. The molecule has 20 heavy (non-hydrogen) atoms. The minimum atomic E-state index is 0.728. The molecule has 3 rings (SSSR count). The summed E-state index contributed by atoms with van der Waals surface area (Å²) in [4.78, 5) is 12.1. The van der Waals surface area contributed by atoms with E-state index in [1.54, 1.807) is 6.20 Å². The molecule has 102 valence electrons. The van der Waals surface area contributed by atoms with Gasteiger partial charge in [0.2, 0.25) is 0 Å². The van der Waals surface area contributed by atoms with Crippen LogP contribution in [0.4, 0.5) is 0 Å². The Hall–Kier alpha value is -2.36. The molecule has 0 saturated heterocycles. The van der Waals surface area contributed by atoms with E-state index in [9.17, 15) is 0 Å². The summed E-state index contributed by atoms with van der Waals surface area (Å²) >= 11 is 0. The minimum absolute atomic E-state index is 0.728. The van der Waals surface area contributed by atoms with Crippen molar-refractivity contribution in [2.75, 3.05) is 6.61 Å². The van der Waals surface area contributed by atoms with Crippen LogP contribution in [0.15, 0.2) is 42.6 Å². The average Bonchev–Trinajstić information content (AvgIpc) is 2.92. The molecule has 0 spiro atoms. The third-order valence-electron chi connectivity index (χ3n) is 3.16. The van der Waals surface area contributed by atoms with Crippen LogP contribution >= 0.6 is 0 Å². The van der Waals surface area contributed by atoms with Gasteiger partial charge in [0.15, 0.2) is 5.65 Å². The summed E-state index contributed by atoms with van der Waals surface area (Å²) in [6, 6.07) is 11.8. The highest BCUT2D eigenvalue weighted by Gasteiger charge is 2.10. The standard InChI is InChI=1S/C16H17N3O/c1-2-3-11-20-14-9-5-4-7-12(14)15-18-13-8-6-10-17-16(13)19-15/h4-10H,2-3,11H2,1H3,(H,17,18,19). The number of rotatable bonds is 5. The van der Waals surface area contributed by atoms with Crippen molar-refractivity contribution >= 4 is 11.2 Å². The van der Waals surface area contributed by atoms with Crippen LogP contribution in [0.2, 0.25) is 0 Å². The zero-order chi connectivity index (χ0) is 13.8. The summed E-state index contributed by atoms with van der Waals surface area (Å²) in [6.45, 7) is 2.88. The number of aromatic nitrogens is 3. The molecule has 0 amide bonds. The summed E-state index contributed by atoms with van der Waals surface area (Å²) in [6.07, 6.45) is 3.92. The molecule has 0 fully saturated rings. The van der Waals surface area contributed by atoms with Crippen LogP contribution in [0, 0.1) is 0 Å². The summed E-state index contributed by atoms with van der Waals surface area (Å²) < 4.78 is 5.85. The molecule has 0 aliphatic carbocycles. The van der Waals surface area contributed by atoms with E-state index >= 15 is 0 Å². The van der Waals surface area contributed by atoms with Gasteiger partial charge in [0.05, 0.1) is 17.7 Å². The molecule has 0 aliphatic rings. The number of fused-ring (bicyclic) bond motifs is 1. The lowest BCUT2D eigenvalue weighted by molar-refractivity contribution is 0.310. The molecule has 0 atom stereocenters. The fraction of sp³-hybridized carbons (Fsp3) is 0.250. The molecule has 0 saturated carbocycles. The van der Waals surface area contributed by atoms with E-state index in [4.69, 9.17) is 4.74 Å². The fourth-order valence-corrected chi connectivity index (χ4v) is 2.09. The number of pyridine rings is 1. The van der Waals surface area contributed by atoms with Crippen LogP contribution in [0.5, 0.6) is 5.75 Å². The lowest BCUT2D eigenvalue weighted by Crippen LogP contribution is -1.98. The Bertz CT molecular complexity index is 673. The molecule has 0 unspecified atom stereocenters. The van der Waals surface area contributed by atoms with Gasteiger partial charge < -0.3 is 9.72 Å². The average molecular weight is 267 g/mol. The molecular weight excluding hydrogens is 250 g/mol. The topological polar surface area (TPSA) is 50.8 Å². The third-order valence-corrected chi connectivity index (χ3v) is 3.16. The van der Waals surface area contributed by atoms with Crippen molar-refractivity contribution in [3.05, 3.63) is 42.6 Å². The predicted octanol–water partition coefficient (Wildman–Crippen LogP) is 3.80. The molecule has 1 N–H and O–H groups in total. The SMILES string of the molecule is CCCCOc1ccccc1-c1nc2ncccc2[nH]1. The third kappa shape index (κ3) is 2.50. The highest BCUT2D eigenvalue weighted by atomic mass is 16.5. The van der Waals surface area contributed by atoms with E-state index in [-0.39, 0.29) is 0 Å². The van der Waals surface area contributed by atoms with Crippen molar-refractivity contribution in [2.45, 2.75) is 19.8 Å². The van der Waals surface area contributed by atoms with Crippen LogP contribution < -0.4 is 4.74 Å². The first-order valence-electron chi connectivity index (χ1n) is 6.91. The van der Waals surface area contributed by atoms with Gasteiger partial charge >= 0.3 is 0 Å². The maximum absolute atomic E-state index is 5.85. The van der Waals surface area contributed by atoms with Crippen LogP contribution in [-0.2, 0) is 0 Å². The Morgan fingerprint density at radius 1 is 1.15 bits per heavy atom. The summed E-state index contributed by atoms with van der Waals surface area (Å²) in [5, 5.41) is 0. The zero-order valence-electron chi connectivity index (χ0n) is 11.5. The Kier molecular flexibility index (Phi) is 3.63. The van der Waals surface area contributed by atoms with Crippen molar-refractivity contribution in [1.29, 1.82) is 0 Å². The van der Waals surface area contributed by atoms with E-state index in [1.807, 2.05) is 36.4 Å². The normalized spacial score (nSPS) is 10.8. The number of unbranched alkanes of at least 4 members (excludes halogenated alkanes) is 1. The van der Waals surface area contributed by atoms with Gasteiger partial charge in [-0.2, -0.15) is 0 Å². The van der Waals surface area contributed by atoms with Gasteiger partial charge in [-0.3, -0.25) is 0 Å². The summed E-state index contributed by atoms with van der Waals surface area (Å²) in [7, 11) is 0. The van der Waals surface area contributed by atoms with E-state index in [0.717, 1.165) is 47.7 Å². The van der Waals surface area contributed by atoms with E-state index < -0.39 is 0 Å². The number of hydrogen-bond acceptors (Lipinski definition) is 3. The van der Waals surface area contributed by atoms with Crippen molar-refractivity contribution in [3.8, 4) is 17.1 Å². The number of nitrogens with one attached hydrogen (secondary N) is 1. The van der Waals surface area contributed by atoms with Crippen molar-refractivity contribution in [3.63, 3.8) is 0 Å². The van der Waals surface area contributed by atoms with Gasteiger partial charge in [-0.25, -0.2) is 9.97 Å². The largest absolute Gasteiger partial charge is 0.493 e. The highest BCUT2D eigenvalue weighted by Crippen LogP contribution is 2.28. The Balaban J connectivity index is 1.96. The number of para-hydroxylation sites is 1. The van der Waals surface area contributed by atoms with E-state index in [2.05, 4.69) is 21.9 Å². The highest BCUT2D eigenvalue weighted by molar-refractivity contribution is 5.77. The van der Waals surface area contributed by atoms with Gasteiger partial charge in [0.1, 0.15) is 11.6 Å². The Morgan fingerprint density at radius 2 is 2.05 bits per heavy atom. The number of nitrogens with zero attached hydrogens (tertiary/aromatic N) is 2. The Morgan fingerprint density at radius 3 is 2.90 bits per heavy atom. The van der Waals surface area contributed by atoms with Crippen LogP contribution in [-0.4, -0.2) is 21.6 Å². The van der Waals surface area contributed by atoms with Crippen molar-refractivity contribution in [1.82, 2.24) is 15.0 Å². The molecule has 3 aromatic rings. The molecule has 0 aliphatic heterocycles. The van der Waals surface area contributed by atoms with E-state index in [0.29, 0.717) is 0 Å². The summed E-state index contributed by atoms with van der Waals surface area (Å²) in [5.74, 6) is 1.66. The van der Waals surface area contributed by atoms with E-state index in [1.165, 1.54) is 0 Å². The Labute approximate surface area is 117 Å². The second-order valence-electron chi connectivity index (χ2n) is 4.66. The van der Waals surface area contributed by atoms with Gasteiger partial charge in [0, 0.05) is 6.20 Å². The number of benzene rings is 1. The second kappa shape index (κ2) is 5.74. The predicted molar refractivity (Wildman–Crippen MR) is 79.7 cm³/mol. The molecule has 4 heteroatoms. The van der Waals surface area contributed by atoms with Gasteiger partial charge in [-0.15, -0.1) is 0 Å². The van der Waals surface area contributed by atoms with Crippen LogP contribution in [0.1, 0.15) is 19.8 Å². The van der Waals surface area contributed by atoms with Crippen LogP contribution in [0.25, 0.3) is 22.6 Å². The molecule has 2 heterocycles. The fourth-order valence-electron chi connectivity index (χ4n) is 2.09. The van der Waals surface area contributed by atoms with Crippen molar-refractivity contribution in [2.24, 2.45) is 0 Å². The minimum Gasteiger partial charge on any atom is -0.493 e. The number of aromatic amines is 1. The molecule has 1 aromatic carbocycles. The first-order chi connectivity index (χ1) is 9.88. The molecule has 0 bridgehead atoms. The molecule has 4 nitrogen and oxygen atoms in total. The quantitative estimate of drug-likeness (QED) is 0.715. The first-order valence-corrected chi connectivity index (χ1v) is 6.91. The number of hydrogen-bond donors (Lipinski definition) is 1. The number of imidazole rings is 1. The maximum atomic E-state index is 5.85. The second-order valence-corrected chi connectivity index (χ2v) is 4.66. The monoisotopic (exact) mass is 267 g/mol. The molecule has 0 radical (unpaired) electrons. The van der Waals surface area contributed by atoms with Gasteiger partial charge in [-0.05, 0) is 30.7 Å². The number of H-pyrrole nitrogens is 1. The number of ether oxygens (including phenoxy) is 1. The maximum Gasteiger partial charge on any atom is 0.178 e. The van der Waals surface area contributed by atoms with Gasteiger partial charge in [0.25, 0.3) is 0 Å². The lowest BCUT2D eigenvalue weighted by atomic mass is 10.2. The lowest BCUT2D eigenvalue weighted by Gasteiger charge is -2.09. The first kappa shape index (κ1) is 12.7. The van der Waals surface area contributed by atoms with Gasteiger partial charge in [-0.1, -0.05) is 25.5 Å². The van der Waals surface area contributed by atoms with Crippen molar-refractivity contribution < 1.29 is 4.74 Å². The smallest absolute Gasteiger partial charge is 0.178 e. The summed E-state index contributed by atoms with van der Waals surface area (Å²) in [5.41, 5.74) is 2.64. The zero-order valence-corrected chi connectivity index (χ0v) is 11.5. The molecule has 2 aromatic heterocycles.